The molecule has 66 heavy (non-hydrogen) atoms. The van der Waals surface area contributed by atoms with Crippen molar-refractivity contribution in [1.82, 2.24) is 13.7 Å². The van der Waals surface area contributed by atoms with Crippen molar-refractivity contribution in [2.24, 2.45) is 4.99 Å². The minimum Gasteiger partial charge on any atom is -0.309 e. The summed E-state index contributed by atoms with van der Waals surface area (Å²) in [5.74, 6) is 0.0578. The first-order valence-electron chi connectivity index (χ1n) is 23.1. The number of fused-ring (bicyclic) bond motifs is 9. The van der Waals surface area contributed by atoms with E-state index in [2.05, 4.69) is 252 Å². The maximum atomic E-state index is 5.60. The molecule has 0 saturated carbocycles. The summed E-state index contributed by atoms with van der Waals surface area (Å²) in [7, 11) is 0. The van der Waals surface area contributed by atoms with Gasteiger partial charge >= 0.3 is 0 Å². The summed E-state index contributed by atoms with van der Waals surface area (Å²) in [5.41, 5.74) is 15.9. The Morgan fingerprint density at radius 1 is 0.379 bits per heavy atom. The van der Waals surface area contributed by atoms with Crippen molar-refractivity contribution in [2.45, 2.75) is 33.6 Å². The molecule has 0 radical (unpaired) electrons. The van der Waals surface area contributed by atoms with E-state index < -0.39 is 0 Å². The summed E-state index contributed by atoms with van der Waals surface area (Å²) >= 11 is 0. The number of aliphatic imine (C=N–C) groups is 1. The lowest BCUT2D eigenvalue weighted by Crippen LogP contribution is -1.99. The summed E-state index contributed by atoms with van der Waals surface area (Å²) in [5, 5.41) is 7.35. The molecular formula is C62H50N4. The van der Waals surface area contributed by atoms with Crippen LogP contribution in [0, 0.1) is 0 Å². The van der Waals surface area contributed by atoms with Crippen molar-refractivity contribution in [3.63, 3.8) is 0 Å². The minimum atomic E-state index is 0.0578. The lowest BCUT2D eigenvalue weighted by Gasteiger charge is -2.13. The van der Waals surface area contributed by atoms with Gasteiger partial charge in [-0.2, -0.15) is 0 Å². The first-order chi connectivity index (χ1) is 32.6. The molecule has 0 aliphatic carbocycles. The number of aromatic nitrogens is 3. The molecule has 0 aliphatic rings. The molecule has 4 heteroatoms. The topological polar surface area (TPSA) is 27.1 Å². The molecule has 0 fully saturated rings. The van der Waals surface area contributed by atoms with Crippen LogP contribution in [0.2, 0.25) is 0 Å². The summed E-state index contributed by atoms with van der Waals surface area (Å²) in [4.78, 5) is 5.60. The zero-order chi connectivity index (χ0) is 44.7. The van der Waals surface area contributed by atoms with Gasteiger partial charge in [-0.3, -0.25) is 4.99 Å². The molecule has 0 aliphatic heterocycles. The van der Waals surface area contributed by atoms with Crippen LogP contribution in [0.25, 0.3) is 88.2 Å². The van der Waals surface area contributed by atoms with Crippen molar-refractivity contribution < 1.29 is 0 Å². The molecule has 0 amide bonds. The van der Waals surface area contributed by atoms with Crippen molar-refractivity contribution in [3.8, 4) is 17.1 Å². The van der Waals surface area contributed by atoms with Crippen LogP contribution in [0.15, 0.2) is 229 Å². The van der Waals surface area contributed by atoms with Crippen LogP contribution in [0.4, 0.5) is 0 Å². The minimum absolute atomic E-state index is 0.0578. The smallest absolute Gasteiger partial charge is 0.0671 e. The van der Waals surface area contributed by atoms with E-state index in [1.165, 1.54) is 71.0 Å². The van der Waals surface area contributed by atoms with Gasteiger partial charge in [0.25, 0.3) is 0 Å². The molecule has 12 aromatic rings. The first kappa shape index (κ1) is 40.6. The Balaban J connectivity index is 0.00000238. The van der Waals surface area contributed by atoms with E-state index in [1.807, 2.05) is 13.8 Å². The Kier molecular flexibility index (Phi) is 10.5. The molecule has 0 N–H and O–H groups in total. The Hall–Kier alpha value is -8.21. The Morgan fingerprint density at radius 2 is 0.727 bits per heavy atom. The molecule has 0 spiro atoms. The highest BCUT2D eigenvalue weighted by Gasteiger charge is 2.18. The zero-order valence-corrected chi connectivity index (χ0v) is 37.7. The van der Waals surface area contributed by atoms with Crippen LogP contribution >= 0.6 is 0 Å². The van der Waals surface area contributed by atoms with Crippen LogP contribution in [-0.2, 0) is 0 Å². The van der Waals surface area contributed by atoms with Gasteiger partial charge < -0.3 is 13.7 Å². The fraction of sp³-hybridized carbons (Fsp3) is 0.0806. The van der Waals surface area contributed by atoms with E-state index >= 15 is 0 Å². The second-order valence-corrected chi connectivity index (χ2v) is 16.8. The predicted molar refractivity (Wildman–Crippen MR) is 282 cm³/mol. The highest BCUT2D eigenvalue weighted by molar-refractivity contribution is 6.14. The fourth-order valence-corrected chi connectivity index (χ4v) is 9.95. The van der Waals surface area contributed by atoms with E-state index in [4.69, 9.17) is 4.99 Å². The van der Waals surface area contributed by atoms with Crippen LogP contribution in [0.1, 0.15) is 50.3 Å². The average molecular weight is 851 g/mol. The van der Waals surface area contributed by atoms with Crippen molar-refractivity contribution in [2.75, 3.05) is 0 Å². The number of rotatable bonds is 8. The highest BCUT2D eigenvalue weighted by Crippen LogP contribution is 2.38. The SMILES string of the molecule is CC.CC(=N/C(=C\C(C)c1ccc2c(c1)c1ccccc1n2-c1ccccc1)c1ccc2c(c1)c1ccccc1n2-c1ccccc1)c1ccc2c(c1)c1ccccc1n2-c1ccccc1. The average Bonchev–Trinajstić information content (AvgIpc) is 4.02. The quantitative estimate of drug-likeness (QED) is 0.136. The third kappa shape index (κ3) is 6.90. The van der Waals surface area contributed by atoms with E-state index in [0.717, 1.165) is 39.6 Å². The van der Waals surface area contributed by atoms with Crippen LogP contribution in [-0.4, -0.2) is 19.4 Å². The number of hydrogen-bond donors (Lipinski definition) is 0. The van der Waals surface area contributed by atoms with Crippen LogP contribution < -0.4 is 0 Å². The predicted octanol–water partition coefficient (Wildman–Crippen LogP) is 16.7. The highest BCUT2D eigenvalue weighted by atomic mass is 15.0. The van der Waals surface area contributed by atoms with Crippen LogP contribution in [0.5, 0.6) is 0 Å². The van der Waals surface area contributed by atoms with Gasteiger partial charge in [-0.15, -0.1) is 0 Å². The monoisotopic (exact) mass is 850 g/mol. The molecule has 3 heterocycles. The van der Waals surface area contributed by atoms with Gasteiger partial charge in [0.1, 0.15) is 0 Å². The second-order valence-electron chi connectivity index (χ2n) is 16.8. The molecule has 0 bridgehead atoms. The van der Waals surface area contributed by atoms with Gasteiger partial charge in [-0.1, -0.05) is 154 Å². The summed E-state index contributed by atoms with van der Waals surface area (Å²) in [6.45, 7) is 8.45. The van der Waals surface area contributed by atoms with Crippen molar-refractivity contribution in [1.29, 1.82) is 0 Å². The number of hydrogen-bond acceptors (Lipinski definition) is 1. The van der Waals surface area contributed by atoms with Gasteiger partial charge in [0, 0.05) is 66.6 Å². The zero-order valence-electron chi connectivity index (χ0n) is 37.7. The lowest BCUT2D eigenvalue weighted by molar-refractivity contribution is 0.969. The van der Waals surface area contributed by atoms with Gasteiger partial charge in [0.05, 0.1) is 38.8 Å². The van der Waals surface area contributed by atoms with Gasteiger partial charge in [-0.05, 0) is 109 Å². The lowest BCUT2D eigenvalue weighted by atomic mass is 9.96. The molecular weight excluding hydrogens is 801 g/mol. The number of para-hydroxylation sites is 6. The fourth-order valence-electron chi connectivity index (χ4n) is 9.95. The Morgan fingerprint density at radius 3 is 1.18 bits per heavy atom. The molecule has 1 atom stereocenters. The summed E-state index contributed by atoms with van der Waals surface area (Å²) in [6.07, 6.45) is 2.36. The molecule has 4 nitrogen and oxygen atoms in total. The molecule has 3 aromatic heterocycles. The largest absolute Gasteiger partial charge is 0.309 e. The van der Waals surface area contributed by atoms with Gasteiger partial charge in [0.15, 0.2) is 0 Å². The number of nitrogens with zero attached hydrogens (tertiary/aromatic N) is 4. The summed E-state index contributed by atoms with van der Waals surface area (Å²) < 4.78 is 7.11. The maximum absolute atomic E-state index is 5.60. The molecule has 318 valence electrons. The van der Waals surface area contributed by atoms with Gasteiger partial charge in [-0.25, -0.2) is 0 Å². The van der Waals surface area contributed by atoms with E-state index in [9.17, 15) is 0 Å². The Labute approximate surface area is 385 Å². The van der Waals surface area contributed by atoms with E-state index in [-0.39, 0.29) is 5.92 Å². The van der Waals surface area contributed by atoms with Gasteiger partial charge in [0.2, 0.25) is 0 Å². The summed E-state index contributed by atoms with van der Waals surface area (Å²) in [6, 6.07) is 78.8. The van der Waals surface area contributed by atoms with E-state index in [0.29, 0.717) is 0 Å². The maximum Gasteiger partial charge on any atom is 0.0671 e. The molecule has 9 aromatic carbocycles. The first-order valence-corrected chi connectivity index (χ1v) is 23.1. The second kappa shape index (κ2) is 17.1. The molecule has 1 unspecified atom stereocenters. The number of benzene rings is 9. The normalized spacial score (nSPS) is 12.7. The van der Waals surface area contributed by atoms with Crippen molar-refractivity contribution in [3.05, 3.63) is 241 Å². The van der Waals surface area contributed by atoms with Crippen molar-refractivity contribution >= 4 is 76.8 Å². The van der Waals surface area contributed by atoms with Crippen LogP contribution in [0.3, 0.4) is 0 Å². The molecule has 0 saturated heterocycles. The Bertz CT molecular complexity index is 3790. The number of allylic oxidation sites excluding steroid dienone is 1. The third-order valence-corrected chi connectivity index (χ3v) is 13.0. The molecule has 12 rings (SSSR count). The third-order valence-electron chi connectivity index (χ3n) is 13.0. The standard InChI is InChI=1S/C60H44N4.C2H6/c1-40(42-30-33-58-51(37-42)48-24-12-15-27-55(48)62(58)45-18-6-3-7-19-45)36-54(44-32-35-60-53(39-44)50-26-14-17-29-57(50)64(60)47-22-10-5-11-23-47)61-41(2)43-31-34-59-52(38-43)49-25-13-16-28-56(49)63(59)46-20-8-4-9-21-46;1-2/h3-40H,1-2H3;1-2H3/b54-36-,61-41?;. The van der Waals surface area contributed by atoms with E-state index in [1.54, 1.807) is 0 Å².